The van der Waals surface area contributed by atoms with E-state index in [-0.39, 0.29) is 18.3 Å². The van der Waals surface area contributed by atoms with E-state index in [0.717, 1.165) is 11.8 Å². The highest BCUT2D eigenvalue weighted by molar-refractivity contribution is 5.93. The normalized spacial score (nSPS) is 11.3. The first-order valence-corrected chi connectivity index (χ1v) is 7.10. The van der Waals surface area contributed by atoms with Gasteiger partial charge in [-0.05, 0) is 12.1 Å². The molecule has 0 radical (unpaired) electrons. The van der Waals surface area contributed by atoms with Crippen molar-refractivity contribution in [3.63, 3.8) is 0 Å². The summed E-state index contributed by atoms with van der Waals surface area (Å²) >= 11 is 0. The van der Waals surface area contributed by atoms with Crippen LogP contribution in [0.25, 0.3) is 15.7 Å². The molecule has 0 atom stereocenters. The predicted molar refractivity (Wildman–Crippen MR) is 86.3 cm³/mol. The van der Waals surface area contributed by atoms with Gasteiger partial charge in [0.2, 0.25) is 12.5 Å². The highest BCUT2D eigenvalue weighted by Gasteiger charge is 2.35. The molecule has 10 heteroatoms. The summed E-state index contributed by atoms with van der Waals surface area (Å²) in [5.74, 6) is -0.328. The summed E-state index contributed by atoms with van der Waals surface area (Å²) in [5, 5.41) is 12.8. The molecule has 3 N–H and O–H groups in total. The molecule has 0 aliphatic rings. The molecule has 7 nitrogen and oxygen atoms in total. The lowest BCUT2D eigenvalue weighted by molar-refractivity contribution is -0.137. The number of nitrogens with one attached hydrogen (secondary N) is 3. The molecule has 0 unspecified atom stereocenters. The number of halogens is 3. The minimum absolute atomic E-state index is 0.000174. The molecule has 1 aromatic carbocycles. The number of benzene rings is 1. The topological polar surface area (TPSA) is 82.9 Å². The Bertz CT molecular complexity index is 956. The molecule has 2 heterocycles. The zero-order valence-electron chi connectivity index (χ0n) is 12.9. The van der Waals surface area contributed by atoms with Crippen molar-refractivity contribution in [3.8, 4) is 0 Å². The molecule has 0 aliphatic carbocycles. The third kappa shape index (κ3) is 3.30. The fourth-order valence-corrected chi connectivity index (χ4v) is 2.36. The van der Waals surface area contributed by atoms with Crippen molar-refractivity contribution in [3.05, 3.63) is 47.1 Å². The molecule has 0 spiro atoms. The van der Waals surface area contributed by atoms with E-state index in [2.05, 4.69) is 35.6 Å². The van der Waals surface area contributed by atoms with Crippen LogP contribution in [0.5, 0.6) is 0 Å². The molecule has 0 bridgehead atoms. The number of aromatic nitrogens is 4. The van der Waals surface area contributed by atoms with Crippen molar-refractivity contribution in [1.82, 2.24) is 20.2 Å². The molecular weight excluding hydrogens is 335 g/mol. The fourth-order valence-electron chi connectivity index (χ4n) is 2.36. The van der Waals surface area contributed by atoms with Crippen LogP contribution in [0.3, 0.4) is 0 Å². The van der Waals surface area contributed by atoms with E-state index in [1.807, 2.05) is 0 Å². The second-order valence-corrected chi connectivity index (χ2v) is 5.12. The van der Waals surface area contributed by atoms with Gasteiger partial charge >= 0.3 is 6.18 Å². The third-order valence-electron chi connectivity index (χ3n) is 3.46. The van der Waals surface area contributed by atoms with Crippen molar-refractivity contribution >= 4 is 28.4 Å². The van der Waals surface area contributed by atoms with Crippen molar-refractivity contribution in [2.75, 3.05) is 17.7 Å². The number of anilines is 3. The molecular formula is C15H12F3N7. The molecule has 0 aliphatic heterocycles. The Morgan fingerprint density at radius 3 is 2.76 bits per heavy atom. The van der Waals surface area contributed by atoms with Crippen LogP contribution in [0, 0.1) is 6.57 Å². The Hall–Kier alpha value is -3.35. The first-order chi connectivity index (χ1) is 11.9. The number of aromatic amines is 1. The molecule has 0 saturated carbocycles. The number of alkyl halides is 3. The summed E-state index contributed by atoms with van der Waals surface area (Å²) in [6, 6.07) is 3.51. The summed E-state index contributed by atoms with van der Waals surface area (Å²) in [5.41, 5.74) is 1.03. The number of hydrogen-bond donors (Lipinski definition) is 3. The predicted octanol–water partition coefficient (Wildman–Crippen LogP) is 3.58. The van der Waals surface area contributed by atoms with E-state index in [0.29, 0.717) is 16.6 Å². The second-order valence-electron chi connectivity index (χ2n) is 5.12. The maximum absolute atomic E-state index is 12.9. The molecule has 3 rings (SSSR count). The summed E-state index contributed by atoms with van der Waals surface area (Å²) in [6.45, 7) is 7.14. The zero-order valence-corrected chi connectivity index (χ0v) is 12.9. The van der Waals surface area contributed by atoms with E-state index in [1.54, 1.807) is 18.3 Å². The van der Waals surface area contributed by atoms with E-state index in [4.69, 9.17) is 6.57 Å². The lowest BCUT2D eigenvalue weighted by Crippen LogP contribution is -2.12. The summed E-state index contributed by atoms with van der Waals surface area (Å²) in [6.07, 6.45) is -2.26. The maximum Gasteiger partial charge on any atom is 0.421 e. The highest BCUT2D eigenvalue weighted by Crippen LogP contribution is 2.34. The van der Waals surface area contributed by atoms with Crippen LogP contribution >= 0.6 is 0 Å². The van der Waals surface area contributed by atoms with Gasteiger partial charge in [0.15, 0.2) is 0 Å². The molecule has 25 heavy (non-hydrogen) atoms. The van der Waals surface area contributed by atoms with Gasteiger partial charge in [-0.1, -0.05) is 0 Å². The number of nitrogens with zero attached hydrogens (tertiary/aromatic N) is 4. The fraction of sp³-hybridized carbons (Fsp3) is 0.200. The van der Waals surface area contributed by atoms with Gasteiger partial charge in [0, 0.05) is 24.2 Å². The van der Waals surface area contributed by atoms with Gasteiger partial charge in [0.1, 0.15) is 11.4 Å². The molecule has 128 valence electrons. The zero-order chi connectivity index (χ0) is 18.0. The second kappa shape index (κ2) is 6.27. The van der Waals surface area contributed by atoms with Crippen molar-refractivity contribution in [1.29, 1.82) is 0 Å². The van der Waals surface area contributed by atoms with Crippen molar-refractivity contribution < 1.29 is 13.2 Å². The van der Waals surface area contributed by atoms with E-state index in [9.17, 15) is 13.2 Å². The smallest absolute Gasteiger partial charge is 0.372 e. The van der Waals surface area contributed by atoms with Crippen LogP contribution in [-0.2, 0) is 12.7 Å². The number of fused-ring (bicyclic) bond motifs is 1. The van der Waals surface area contributed by atoms with E-state index >= 15 is 0 Å². The molecule has 2 aromatic heterocycles. The van der Waals surface area contributed by atoms with Gasteiger partial charge in [-0.15, -0.1) is 0 Å². The molecule has 0 saturated heterocycles. The average molecular weight is 347 g/mol. The largest absolute Gasteiger partial charge is 0.421 e. The number of rotatable bonds is 4. The molecule has 0 amide bonds. The highest BCUT2D eigenvalue weighted by atomic mass is 19.4. The van der Waals surface area contributed by atoms with Crippen LogP contribution in [0.15, 0.2) is 24.5 Å². The first kappa shape index (κ1) is 16.5. The van der Waals surface area contributed by atoms with Crippen LogP contribution in [0.2, 0.25) is 0 Å². The van der Waals surface area contributed by atoms with Gasteiger partial charge in [-0.25, -0.2) is 11.6 Å². The Morgan fingerprint density at radius 1 is 1.28 bits per heavy atom. The number of hydrogen-bond acceptors (Lipinski definition) is 5. The summed E-state index contributed by atoms with van der Waals surface area (Å²) in [4.78, 5) is 11.0. The quantitative estimate of drug-likeness (QED) is 0.629. The Kier molecular flexibility index (Phi) is 4.14. The lowest BCUT2D eigenvalue weighted by atomic mass is 10.1. The maximum atomic E-state index is 12.9. The monoisotopic (exact) mass is 347 g/mol. The van der Waals surface area contributed by atoms with Crippen LogP contribution in [-0.4, -0.2) is 27.2 Å². The van der Waals surface area contributed by atoms with Gasteiger partial charge in [0.25, 0.3) is 0 Å². The van der Waals surface area contributed by atoms with Crippen LogP contribution < -0.4 is 10.6 Å². The van der Waals surface area contributed by atoms with Crippen molar-refractivity contribution in [2.24, 2.45) is 0 Å². The first-order valence-electron chi connectivity index (χ1n) is 7.10. The van der Waals surface area contributed by atoms with E-state index < -0.39 is 11.7 Å². The van der Waals surface area contributed by atoms with Gasteiger partial charge in [-0.2, -0.15) is 23.3 Å². The molecule has 3 aromatic rings. The van der Waals surface area contributed by atoms with Gasteiger partial charge in [-0.3, -0.25) is 5.10 Å². The van der Waals surface area contributed by atoms with Gasteiger partial charge in [0.05, 0.1) is 17.4 Å². The Balaban J connectivity index is 2.01. The van der Waals surface area contributed by atoms with Crippen LogP contribution in [0.4, 0.5) is 30.6 Å². The Morgan fingerprint density at radius 2 is 2.08 bits per heavy atom. The molecule has 0 fully saturated rings. The van der Waals surface area contributed by atoms with E-state index in [1.165, 1.54) is 7.05 Å². The van der Waals surface area contributed by atoms with Crippen molar-refractivity contribution in [2.45, 2.75) is 12.7 Å². The minimum atomic E-state index is -4.55. The third-order valence-corrected chi connectivity index (χ3v) is 3.46. The Labute approximate surface area is 140 Å². The SMILES string of the molecule is [C-]#[N+]Cc1cc(Nc2ncc(C(F)(F)F)c(NC)n2)c2cn[nH]c2c1. The lowest BCUT2D eigenvalue weighted by Gasteiger charge is -2.13. The minimum Gasteiger partial charge on any atom is -0.372 e. The van der Waals surface area contributed by atoms with Gasteiger partial charge < -0.3 is 15.5 Å². The van der Waals surface area contributed by atoms with Crippen LogP contribution in [0.1, 0.15) is 11.1 Å². The standard InChI is InChI=1S/C15H12F3N7/c1-19-5-8-3-11(9-6-22-25-12(9)4-8)23-14-21-7-10(15(16,17)18)13(20-2)24-14/h3-4,6-7H,5H2,2H3,(H,22,25)(H2,20,21,23,24). The summed E-state index contributed by atoms with van der Waals surface area (Å²) in [7, 11) is 1.35. The summed E-state index contributed by atoms with van der Waals surface area (Å²) < 4.78 is 38.8. The average Bonchev–Trinajstić information content (AvgIpc) is 3.03. The number of H-pyrrole nitrogens is 1.